The number of aromatic nitrogens is 1. The third-order valence-electron chi connectivity index (χ3n) is 0.810. The van der Waals surface area contributed by atoms with Crippen molar-refractivity contribution in [3.63, 3.8) is 0 Å². The van der Waals surface area contributed by atoms with Crippen molar-refractivity contribution in [2.24, 2.45) is 0 Å². The van der Waals surface area contributed by atoms with Gasteiger partial charge < -0.3 is 4.52 Å². The van der Waals surface area contributed by atoms with E-state index in [9.17, 15) is 8.78 Å². The first-order valence-electron chi connectivity index (χ1n) is 1.99. The van der Waals surface area contributed by atoms with Crippen molar-refractivity contribution in [1.29, 1.82) is 0 Å². The molecule has 0 unspecified atom stereocenters. The summed E-state index contributed by atoms with van der Waals surface area (Å²) in [6.45, 7) is 1.25. The summed E-state index contributed by atoms with van der Waals surface area (Å²) >= 11 is 0. The lowest BCUT2D eigenvalue weighted by molar-refractivity contribution is 0.268. The Bertz CT molecular complexity index is 176. The van der Waals surface area contributed by atoms with Gasteiger partial charge in [-0.2, -0.15) is 8.78 Å². The minimum absolute atomic E-state index is 0.176. The van der Waals surface area contributed by atoms with Crippen LogP contribution in [0, 0.1) is 18.9 Å². The summed E-state index contributed by atoms with van der Waals surface area (Å²) in [6.07, 6.45) is 0. The second kappa shape index (κ2) is 1.54. The van der Waals surface area contributed by atoms with Gasteiger partial charge in [-0.05, 0) is 12.1 Å². The maximum atomic E-state index is 11.9. The van der Waals surface area contributed by atoms with Crippen LogP contribution in [0.15, 0.2) is 4.52 Å². The molecule has 0 fully saturated rings. The Morgan fingerprint density at radius 2 is 2.12 bits per heavy atom. The van der Waals surface area contributed by atoms with E-state index < -0.39 is 12.0 Å². The number of hydrogen-bond donors (Lipinski definition) is 0. The standard InChI is InChI=1S/C4H3F2NO/c1-2-3(5)7-8-4(2)6/h1H3. The van der Waals surface area contributed by atoms with Crippen molar-refractivity contribution in [2.45, 2.75) is 6.92 Å². The van der Waals surface area contributed by atoms with E-state index in [2.05, 4.69) is 9.68 Å². The Kier molecular flexibility index (Phi) is 1.00. The van der Waals surface area contributed by atoms with E-state index in [1.165, 1.54) is 6.92 Å². The van der Waals surface area contributed by atoms with Crippen molar-refractivity contribution in [1.82, 2.24) is 5.16 Å². The molecule has 0 radical (unpaired) electrons. The Balaban J connectivity index is 3.19. The molecular weight excluding hydrogens is 116 g/mol. The second-order valence-electron chi connectivity index (χ2n) is 1.37. The van der Waals surface area contributed by atoms with Gasteiger partial charge in [-0.1, -0.05) is 0 Å². The number of rotatable bonds is 0. The Morgan fingerprint density at radius 1 is 1.50 bits per heavy atom. The van der Waals surface area contributed by atoms with Crippen LogP contribution in [-0.4, -0.2) is 5.16 Å². The molecule has 1 aromatic heterocycles. The largest absolute Gasteiger partial charge is 0.323 e. The molecule has 0 spiro atoms. The smallest absolute Gasteiger partial charge is 0.312 e. The summed E-state index contributed by atoms with van der Waals surface area (Å²) in [6, 6.07) is -0.956. The molecule has 44 valence electrons. The topological polar surface area (TPSA) is 26.0 Å². The molecule has 0 bridgehead atoms. The molecule has 0 saturated carbocycles. The Labute approximate surface area is 44.1 Å². The molecule has 2 nitrogen and oxygen atoms in total. The first-order valence-corrected chi connectivity index (χ1v) is 1.99. The fourth-order valence-corrected chi connectivity index (χ4v) is 0.298. The van der Waals surface area contributed by atoms with E-state index in [1.807, 2.05) is 0 Å². The van der Waals surface area contributed by atoms with Crippen LogP contribution in [-0.2, 0) is 0 Å². The minimum Gasteiger partial charge on any atom is -0.323 e. The summed E-state index contributed by atoms with van der Waals surface area (Å²) in [4.78, 5) is 0. The highest BCUT2D eigenvalue weighted by Gasteiger charge is 2.08. The lowest BCUT2D eigenvalue weighted by Crippen LogP contribution is -1.75. The van der Waals surface area contributed by atoms with Crippen LogP contribution >= 0.6 is 0 Å². The SMILES string of the molecule is Cc1c(F)noc1F. The van der Waals surface area contributed by atoms with Gasteiger partial charge in [0, 0.05) is 0 Å². The molecule has 0 N–H and O–H groups in total. The second-order valence-corrected chi connectivity index (χ2v) is 1.37. The van der Waals surface area contributed by atoms with E-state index in [4.69, 9.17) is 0 Å². The molecule has 0 aliphatic rings. The van der Waals surface area contributed by atoms with Crippen LogP contribution in [0.3, 0.4) is 0 Å². The molecule has 0 aliphatic heterocycles. The van der Waals surface area contributed by atoms with E-state index in [0.29, 0.717) is 0 Å². The summed E-state index contributed by atoms with van der Waals surface area (Å²) in [5, 5.41) is 2.70. The minimum atomic E-state index is -0.956. The molecular formula is C4H3F2NO. The van der Waals surface area contributed by atoms with Crippen LogP contribution in [0.4, 0.5) is 8.78 Å². The molecule has 0 saturated heterocycles. The van der Waals surface area contributed by atoms with Gasteiger partial charge in [0.2, 0.25) is 0 Å². The predicted molar refractivity (Wildman–Crippen MR) is 21.2 cm³/mol. The van der Waals surface area contributed by atoms with Crippen LogP contribution in [0.1, 0.15) is 5.56 Å². The molecule has 0 atom stereocenters. The van der Waals surface area contributed by atoms with E-state index in [1.54, 1.807) is 0 Å². The fraction of sp³-hybridized carbons (Fsp3) is 0.250. The third kappa shape index (κ3) is 0.576. The van der Waals surface area contributed by atoms with Crippen LogP contribution in [0.5, 0.6) is 0 Å². The highest BCUT2D eigenvalue weighted by Crippen LogP contribution is 2.06. The number of nitrogens with zero attached hydrogens (tertiary/aromatic N) is 1. The van der Waals surface area contributed by atoms with Crippen molar-refractivity contribution in [2.75, 3.05) is 0 Å². The van der Waals surface area contributed by atoms with Gasteiger partial charge in [0.25, 0.3) is 5.95 Å². The number of hydrogen-bond acceptors (Lipinski definition) is 2. The lowest BCUT2D eigenvalue weighted by Gasteiger charge is -1.73. The zero-order valence-corrected chi connectivity index (χ0v) is 4.11. The quantitative estimate of drug-likeness (QED) is 0.513. The molecule has 4 heteroatoms. The van der Waals surface area contributed by atoms with Gasteiger partial charge in [0.15, 0.2) is 0 Å². The van der Waals surface area contributed by atoms with E-state index in [0.717, 1.165) is 0 Å². The predicted octanol–water partition coefficient (Wildman–Crippen LogP) is 1.26. The normalized spacial score (nSPS) is 9.88. The molecule has 0 amide bonds. The molecule has 8 heavy (non-hydrogen) atoms. The zero-order chi connectivity index (χ0) is 6.15. The van der Waals surface area contributed by atoms with Crippen molar-refractivity contribution < 1.29 is 13.3 Å². The number of halogens is 2. The molecule has 0 aliphatic carbocycles. The van der Waals surface area contributed by atoms with Crippen LogP contribution in [0.2, 0.25) is 0 Å². The zero-order valence-electron chi connectivity index (χ0n) is 4.11. The molecule has 1 heterocycles. The molecule has 1 aromatic rings. The maximum Gasteiger partial charge on any atom is 0.312 e. The van der Waals surface area contributed by atoms with Crippen molar-refractivity contribution in [3.05, 3.63) is 17.5 Å². The highest BCUT2D eigenvalue weighted by atomic mass is 19.1. The summed E-state index contributed by atoms with van der Waals surface area (Å²) < 4.78 is 27.6. The average Bonchev–Trinajstić information content (AvgIpc) is 1.98. The van der Waals surface area contributed by atoms with E-state index >= 15 is 0 Å². The van der Waals surface area contributed by atoms with Gasteiger partial charge in [0.05, 0.1) is 5.56 Å². The maximum absolute atomic E-state index is 11.9. The van der Waals surface area contributed by atoms with Gasteiger partial charge in [-0.25, -0.2) is 0 Å². The summed E-state index contributed by atoms with van der Waals surface area (Å²) in [7, 11) is 0. The van der Waals surface area contributed by atoms with Gasteiger partial charge in [-0.3, -0.25) is 0 Å². The van der Waals surface area contributed by atoms with E-state index in [-0.39, 0.29) is 5.56 Å². The van der Waals surface area contributed by atoms with Gasteiger partial charge in [-0.15, -0.1) is 0 Å². The van der Waals surface area contributed by atoms with Crippen LogP contribution < -0.4 is 0 Å². The summed E-state index contributed by atoms with van der Waals surface area (Å²) in [5.74, 6) is -0.887. The van der Waals surface area contributed by atoms with Crippen LogP contribution in [0.25, 0.3) is 0 Å². The first kappa shape index (κ1) is 5.21. The fourth-order valence-electron chi connectivity index (χ4n) is 0.298. The highest BCUT2D eigenvalue weighted by molar-refractivity contribution is 5.00. The Hall–Kier alpha value is -0.930. The molecule has 1 rings (SSSR count). The van der Waals surface area contributed by atoms with Gasteiger partial charge >= 0.3 is 6.01 Å². The monoisotopic (exact) mass is 119 g/mol. The third-order valence-corrected chi connectivity index (χ3v) is 0.810. The molecule has 0 aromatic carbocycles. The average molecular weight is 119 g/mol. The summed E-state index contributed by atoms with van der Waals surface area (Å²) in [5.41, 5.74) is -0.176. The Morgan fingerprint density at radius 3 is 2.25 bits per heavy atom. The van der Waals surface area contributed by atoms with Crippen molar-refractivity contribution >= 4 is 0 Å². The van der Waals surface area contributed by atoms with Gasteiger partial charge in [0.1, 0.15) is 0 Å². The first-order chi connectivity index (χ1) is 3.72. The lowest BCUT2D eigenvalue weighted by atomic mass is 10.4. The van der Waals surface area contributed by atoms with Crippen molar-refractivity contribution in [3.8, 4) is 0 Å².